The molecule has 1 aromatic carbocycles. The molecule has 1 atom stereocenters. The van der Waals surface area contributed by atoms with Crippen molar-refractivity contribution < 1.29 is 0 Å². The minimum absolute atomic E-state index is 0. The molecule has 1 aliphatic rings. The molecule has 0 bridgehead atoms. The lowest BCUT2D eigenvalue weighted by atomic mass is 10.2. The van der Waals surface area contributed by atoms with Crippen molar-refractivity contribution in [1.82, 2.24) is 25.1 Å². The fourth-order valence-electron chi connectivity index (χ4n) is 3.95. The first-order chi connectivity index (χ1) is 14.8. The van der Waals surface area contributed by atoms with Crippen LogP contribution in [0.3, 0.4) is 0 Å². The number of imidazole rings is 1. The summed E-state index contributed by atoms with van der Waals surface area (Å²) in [6.07, 6.45) is 6.47. The molecule has 2 N–H and O–H groups in total. The van der Waals surface area contributed by atoms with Gasteiger partial charge in [0.05, 0.1) is 12.6 Å². The monoisotopic (exact) mass is 550 g/mol. The highest BCUT2D eigenvalue weighted by molar-refractivity contribution is 14.0. The summed E-state index contributed by atoms with van der Waals surface area (Å²) in [4.78, 5) is 12.9. The molecule has 1 fully saturated rings. The number of aromatic nitrogens is 2. The van der Waals surface area contributed by atoms with Gasteiger partial charge in [-0.05, 0) is 42.9 Å². The van der Waals surface area contributed by atoms with Crippen LogP contribution in [0.2, 0.25) is 0 Å². The SMILES string of the molecule is CN=C(NCc1nccn1Cc1ccccc1)NCC(c1cccs1)N1CCCC1.I. The third-order valence-corrected chi connectivity index (χ3v) is 6.52. The van der Waals surface area contributed by atoms with E-state index >= 15 is 0 Å². The molecular weight excluding hydrogens is 519 g/mol. The van der Waals surface area contributed by atoms with Gasteiger partial charge < -0.3 is 15.2 Å². The molecule has 0 saturated carbocycles. The van der Waals surface area contributed by atoms with Crippen LogP contribution in [-0.2, 0) is 13.1 Å². The summed E-state index contributed by atoms with van der Waals surface area (Å²) in [5.41, 5.74) is 1.27. The fraction of sp³-hybridized carbons (Fsp3) is 0.391. The Kier molecular flexibility index (Phi) is 9.35. The number of nitrogens with zero attached hydrogens (tertiary/aromatic N) is 4. The molecule has 31 heavy (non-hydrogen) atoms. The van der Waals surface area contributed by atoms with Gasteiger partial charge >= 0.3 is 0 Å². The average molecular weight is 551 g/mol. The molecule has 3 heterocycles. The summed E-state index contributed by atoms with van der Waals surface area (Å²) >= 11 is 1.84. The summed E-state index contributed by atoms with van der Waals surface area (Å²) in [6, 6.07) is 15.2. The van der Waals surface area contributed by atoms with E-state index in [1.807, 2.05) is 36.8 Å². The van der Waals surface area contributed by atoms with E-state index in [0.29, 0.717) is 12.6 Å². The molecule has 0 radical (unpaired) electrons. The molecule has 4 rings (SSSR count). The number of guanidine groups is 1. The first-order valence-electron chi connectivity index (χ1n) is 10.6. The van der Waals surface area contributed by atoms with E-state index in [9.17, 15) is 0 Å². The van der Waals surface area contributed by atoms with Crippen LogP contribution in [0.15, 0.2) is 65.2 Å². The molecule has 1 aliphatic heterocycles. The Bertz CT molecular complexity index is 919. The maximum absolute atomic E-state index is 4.53. The Hall–Kier alpha value is -1.91. The van der Waals surface area contributed by atoms with Crippen molar-refractivity contribution in [3.63, 3.8) is 0 Å². The van der Waals surface area contributed by atoms with E-state index in [-0.39, 0.29) is 24.0 Å². The third kappa shape index (κ3) is 6.54. The van der Waals surface area contributed by atoms with Crippen LogP contribution in [0.25, 0.3) is 0 Å². The highest BCUT2D eigenvalue weighted by atomic mass is 127. The van der Waals surface area contributed by atoms with Crippen LogP contribution in [0.4, 0.5) is 0 Å². The van der Waals surface area contributed by atoms with E-state index in [1.54, 1.807) is 0 Å². The zero-order valence-electron chi connectivity index (χ0n) is 17.9. The fourth-order valence-corrected chi connectivity index (χ4v) is 4.81. The van der Waals surface area contributed by atoms with Crippen LogP contribution >= 0.6 is 35.3 Å². The average Bonchev–Trinajstić information content (AvgIpc) is 3.55. The van der Waals surface area contributed by atoms with Gasteiger partial charge in [-0.1, -0.05) is 36.4 Å². The lowest BCUT2D eigenvalue weighted by Crippen LogP contribution is -2.42. The number of halogens is 1. The third-order valence-electron chi connectivity index (χ3n) is 5.55. The molecule has 1 unspecified atom stereocenters. The van der Waals surface area contributed by atoms with Crippen LogP contribution in [0.5, 0.6) is 0 Å². The van der Waals surface area contributed by atoms with Crippen molar-refractivity contribution in [2.75, 3.05) is 26.7 Å². The molecule has 0 spiro atoms. The highest BCUT2D eigenvalue weighted by Gasteiger charge is 2.24. The molecule has 1 saturated heterocycles. The number of rotatable bonds is 8. The lowest BCUT2D eigenvalue weighted by molar-refractivity contribution is 0.249. The van der Waals surface area contributed by atoms with Gasteiger partial charge in [-0.25, -0.2) is 4.98 Å². The number of thiophene rings is 1. The molecule has 3 aromatic rings. The summed E-state index contributed by atoms with van der Waals surface area (Å²) in [7, 11) is 1.82. The minimum Gasteiger partial charge on any atom is -0.354 e. The van der Waals surface area contributed by atoms with Crippen LogP contribution in [-0.4, -0.2) is 47.1 Å². The topological polar surface area (TPSA) is 57.5 Å². The number of hydrogen-bond acceptors (Lipinski definition) is 4. The normalized spacial score (nSPS) is 15.5. The van der Waals surface area contributed by atoms with Gasteiger partial charge in [0, 0.05) is 37.4 Å². The van der Waals surface area contributed by atoms with Gasteiger partial charge in [0.1, 0.15) is 5.82 Å². The van der Waals surface area contributed by atoms with E-state index < -0.39 is 0 Å². The van der Waals surface area contributed by atoms with Crippen LogP contribution < -0.4 is 10.6 Å². The summed E-state index contributed by atoms with van der Waals surface area (Å²) < 4.78 is 2.17. The molecule has 2 aromatic heterocycles. The van der Waals surface area contributed by atoms with Crippen molar-refractivity contribution in [3.05, 3.63) is 76.5 Å². The number of hydrogen-bond donors (Lipinski definition) is 2. The second-order valence-corrected chi connectivity index (χ2v) is 8.52. The van der Waals surface area contributed by atoms with Gasteiger partial charge in [-0.2, -0.15) is 0 Å². The van der Waals surface area contributed by atoms with Gasteiger partial charge in [0.25, 0.3) is 0 Å². The lowest BCUT2D eigenvalue weighted by Gasteiger charge is -2.27. The predicted octanol–water partition coefficient (Wildman–Crippen LogP) is 4.11. The number of benzene rings is 1. The molecule has 8 heteroatoms. The zero-order chi connectivity index (χ0) is 20.6. The Morgan fingerprint density at radius 1 is 1.13 bits per heavy atom. The van der Waals surface area contributed by atoms with Crippen molar-refractivity contribution in [2.24, 2.45) is 4.99 Å². The standard InChI is InChI=1S/C23H30N6S.HI/c1-24-23(26-16-20(21-10-7-15-30-21)28-12-5-6-13-28)27-17-22-25-11-14-29(22)18-19-8-3-2-4-9-19;/h2-4,7-11,14-15,20H,5-6,12-13,16-18H2,1H3,(H2,24,26,27);1H. The Balaban J connectivity index is 0.00000272. The number of nitrogens with one attached hydrogen (secondary N) is 2. The second-order valence-electron chi connectivity index (χ2n) is 7.54. The molecule has 0 aliphatic carbocycles. The van der Waals surface area contributed by atoms with E-state index in [1.165, 1.54) is 36.4 Å². The zero-order valence-corrected chi connectivity index (χ0v) is 21.1. The Labute approximate surface area is 205 Å². The molecule has 166 valence electrons. The quantitative estimate of drug-likeness (QED) is 0.252. The van der Waals surface area contributed by atoms with Crippen molar-refractivity contribution in [2.45, 2.75) is 32.0 Å². The van der Waals surface area contributed by atoms with Gasteiger partial charge in [0.2, 0.25) is 0 Å². The van der Waals surface area contributed by atoms with Gasteiger partial charge in [0.15, 0.2) is 5.96 Å². The molecular formula is C23H31IN6S. The van der Waals surface area contributed by atoms with E-state index in [4.69, 9.17) is 0 Å². The predicted molar refractivity (Wildman–Crippen MR) is 139 cm³/mol. The largest absolute Gasteiger partial charge is 0.354 e. The smallest absolute Gasteiger partial charge is 0.191 e. The van der Waals surface area contributed by atoms with Gasteiger partial charge in [-0.3, -0.25) is 9.89 Å². The van der Waals surface area contributed by atoms with E-state index in [0.717, 1.165) is 24.9 Å². The highest BCUT2D eigenvalue weighted by Crippen LogP contribution is 2.27. The van der Waals surface area contributed by atoms with Crippen molar-refractivity contribution in [3.8, 4) is 0 Å². The minimum atomic E-state index is 0. The number of aliphatic imine (C=N–C) groups is 1. The first kappa shape index (κ1) is 23.7. The van der Waals surface area contributed by atoms with Crippen LogP contribution in [0.1, 0.15) is 35.1 Å². The Morgan fingerprint density at radius 3 is 2.65 bits per heavy atom. The summed E-state index contributed by atoms with van der Waals surface area (Å²) in [5, 5.41) is 9.13. The number of likely N-dealkylation sites (tertiary alicyclic amines) is 1. The molecule has 0 amide bonds. The van der Waals surface area contributed by atoms with Gasteiger partial charge in [-0.15, -0.1) is 35.3 Å². The summed E-state index contributed by atoms with van der Waals surface area (Å²) in [5.74, 6) is 1.81. The first-order valence-corrected chi connectivity index (χ1v) is 11.5. The summed E-state index contributed by atoms with van der Waals surface area (Å²) in [6.45, 7) is 4.64. The maximum atomic E-state index is 4.53. The van der Waals surface area contributed by atoms with Crippen molar-refractivity contribution >= 4 is 41.3 Å². The second kappa shape index (κ2) is 12.2. The van der Waals surface area contributed by atoms with E-state index in [2.05, 4.69) is 71.9 Å². The van der Waals surface area contributed by atoms with Crippen molar-refractivity contribution in [1.29, 1.82) is 0 Å². The molecule has 6 nitrogen and oxygen atoms in total. The maximum Gasteiger partial charge on any atom is 0.191 e. The van der Waals surface area contributed by atoms with Crippen LogP contribution in [0, 0.1) is 0 Å². The Morgan fingerprint density at radius 2 is 1.94 bits per heavy atom.